The molecule has 0 bridgehead atoms. The van der Waals surface area contributed by atoms with Crippen LogP contribution >= 0.6 is 11.8 Å². The normalized spacial score (nSPS) is 15.2. The highest BCUT2D eigenvalue weighted by Crippen LogP contribution is 2.40. The van der Waals surface area contributed by atoms with Gasteiger partial charge in [-0.05, 0) is 50.8 Å². The predicted molar refractivity (Wildman–Crippen MR) is 124 cm³/mol. The van der Waals surface area contributed by atoms with Gasteiger partial charge in [0, 0.05) is 24.3 Å². The summed E-state index contributed by atoms with van der Waals surface area (Å²) in [7, 11) is -3.62. The Hall–Kier alpha value is -2.16. The second-order valence-corrected chi connectivity index (χ2v) is 10.7. The standard InChI is InChI=1S/C23H28N4O2S2/c1-3-27-22(19-11-12-19)24-25-23(27)30-16-15-21(18-7-5-4-6-8-18)26-31(28,29)20-13-9-17(2)10-14-20/h4-10,13-14,19,21,26H,3,11-12,15-16H2,1-2H3. The zero-order valence-electron chi connectivity index (χ0n) is 17.9. The van der Waals surface area contributed by atoms with Crippen LogP contribution in [0.2, 0.25) is 0 Å². The summed E-state index contributed by atoms with van der Waals surface area (Å²) in [5, 5.41) is 9.69. The molecule has 0 radical (unpaired) electrons. The van der Waals surface area contributed by atoms with Crippen molar-refractivity contribution in [2.24, 2.45) is 0 Å². The maximum Gasteiger partial charge on any atom is 0.241 e. The Bertz CT molecular complexity index is 1110. The van der Waals surface area contributed by atoms with E-state index >= 15 is 0 Å². The number of rotatable bonds is 10. The molecule has 3 aromatic rings. The smallest absolute Gasteiger partial charge is 0.241 e. The summed E-state index contributed by atoms with van der Waals surface area (Å²) < 4.78 is 31.1. The van der Waals surface area contributed by atoms with Gasteiger partial charge in [0.25, 0.3) is 0 Å². The molecule has 1 aliphatic carbocycles. The monoisotopic (exact) mass is 456 g/mol. The molecule has 1 N–H and O–H groups in total. The second kappa shape index (κ2) is 9.54. The molecule has 8 heteroatoms. The minimum absolute atomic E-state index is 0.284. The number of nitrogens with one attached hydrogen (secondary N) is 1. The molecule has 0 amide bonds. The van der Waals surface area contributed by atoms with Crippen molar-refractivity contribution in [1.29, 1.82) is 0 Å². The molecule has 31 heavy (non-hydrogen) atoms. The lowest BCUT2D eigenvalue weighted by Gasteiger charge is -2.19. The molecule has 1 aliphatic rings. The van der Waals surface area contributed by atoms with Gasteiger partial charge in [-0.2, -0.15) is 0 Å². The van der Waals surface area contributed by atoms with E-state index in [-0.39, 0.29) is 10.9 Å². The Morgan fingerprint density at radius 1 is 1.10 bits per heavy atom. The van der Waals surface area contributed by atoms with Crippen LogP contribution in [0.4, 0.5) is 0 Å². The molecule has 1 fully saturated rings. The molecule has 2 aromatic carbocycles. The van der Waals surface area contributed by atoms with Gasteiger partial charge in [-0.15, -0.1) is 10.2 Å². The quantitative estimate of drug-likeness (QED) is 0.448. The fraction of sp³-hybridized carbons (Fsp3) is 0.391. The van der Waals surface area contributed by atoms with Crippen molar-refractivity contribution in [2.45, 2.75) is 61.7 Å². The van der Waals surface area contributed by atoms with Crippen LogP contribution in [0.15, 0.2) is 64.6 Å². The first-order chi connectivity index (χ1) is 15.0. The highest BCUT2D eigenvalue weighted by Gasteiger charge is 2.30. The Morgan fingerprint density at radius 2 is 1.81 bits per heavy atom. The number of aromatic nitrogens is 3. The van der Waals surface area contributed by atoms with E-state index in [1.54, 1.807) is 23.9 Å². The molecule has 164 valence electrons. The Morgan fingerprint density at radius 3 is 2.45 bits per heavy atom. The van der Waals surface area contributed by atoms with Crippen LogP contribution < -0.4 is 4.72 Å². The van der Waals surface area contributed by atoms with E-state index in [4.69, 9.17) is 0 Å². The van der Waals surface area contributed by atoms with Gasteiger partial charge in [-0.25, -0.2) is 13.1 Å². The molecule has 0 saturated heterocycles. The highest BCUT2D eigenvalue weighted by molar-refractivity contribution is 7.99. The Labute approximate surface area is 188 Å². The average Bonchev–Trinajstić information content (AvgIpc) is 3.54. The summed E-state index contributed by atoms with van der Waals surface area (Å²) in [6, 6.07) is 16.4. The highest BCUT2D eigenvalue weighted by atomic mass is 32.2. The lowest BCUT2D eigenvalue weighted by atomic mass is 10.1. The summed E-state index contributed by atoms with van der Waals surface area (Å²) in [6.07, 6.45) is 3.04. The van der Waals surface area contributed by atoms with Crippen LogP contribution in [0.3, 0.4) is 0 Å². The van der Waals surface area contributed by atoms with Crippen LogP contribution in [0.5, 0.6) is 0 Å². The number of hydrogen-bond acceptors (Lipinski definition) is 5. The molecule has 1 aromatic heterocycles. The summed E-state index contributed by atoms with van der Waals surface area (Å²) in [6.45, 7) is 4.91. The van der Waals surface area contributed by atoms with Crippen LogP contribution in [-0.2, 0) is 16.6 Å². The van der Waals surface area contributed by atoms with E-state index in [9.17, 15) is 8.42 Å². The third-order valence-corrected chi connectivity index (χ3v) is 7.96. The van der Waals surface area contributed by atoms with Crippen molar-refractivity contribution < 1.29 is 8.42 Å². The number of thioether (sulfide) groups is 1. The lowest BCUT2D eigenvalue weighted by molar-refractivity contribution is 0.551. The first-order valence-electron chi connectivity index (χ1n) is 10.7. The van der Waals surface area contributed by atoms with E-state index in [1.807, 2.05) is 49.4 Å². The van der Waals surface area contributed by atoms with E-state index in [0.717, 1.165) is 34.4 Å². The maximum absolute atomic E-state index is 13.0. The fourth-order valence-corrected chi connectivity index (χ4v) is 5.84. The van der Waals surface area contributed by atoms with E-state index in [1.165, 1.54) is 12.8 Å². The molecule has 6 nitrogen and oxygen atoms in total. The SMILES string of the molecule is CCn1c(SCCC(NS(=O)(=O)c2ccc(C)cc2)c2ccccc2)nnc1C1CC1. The molecule has 1 heterocycles. The minimum Gasteiger partial charge on any atom is -0.306 e. The van der Waals surface area contributed by atoms with Crippen molar-refractivity contribution in [2.75, 3.05) is 5.75 Å². The van der Waals surface area contributed by atoms with Gasteiger partial charge >= 0.3 is 0 Å². The first kappa shape index (κ1) is 22.0. The topological polar surface area (TPSA) is 76.9 Å². The van der Waals surface area contributed by atoms with Crippen molar-refractivity contribution >= 4 is 21.8 Å². The number of benzene rings is 2. The number of hydrogen-bond donors (Lipinski definition) is 1. The predicted octanol–water partition coefficient (Wildman–Crippen LogP) is 4.69. The van der Waals surface area contributed by atoms with E-state index in [2.05, 4.69) is 26.4 Å². The van der Waals surface area contributed by atoms with Crippen molar-refractivity contribution in [3.63, 3.8) is 0 Å². The summed E-state index contributed by atoms with van der Waals surface area (Å²) in [5.41, 5.74) is 1.98. The Balaban J connectivity index is 1.48. The molecule has 4 rings (SSSR count). The van der Waals surface area contributed by atoms with Crippen molar-refractivity contribution in [1.82, 2.24) is 19.5 Å². The molecular weight excluding hydrogens is 428 g/mol. The zero-order valence-corrected chi connectivity index (χ0v) is 19.5. The van der Waals surface area contributed by atoms with E-state index in [0.29, 0.717) is 12.3 Å². The third-order valence-electron chi connectivity index (χ3n) is 5.47. The first-order valence-corrected chi connectivity index (χ1v) is 13.1. The number of aryl methyl sites for hydroxylation is 1. The molecule has 1 unspecified atom stereocenters. The fourth-order valence-electron chi connectivity index (χ4n) is 3.57. The lowest BCUT2D eigenvalue weighted by Crippen LogP contribution is -2.29. The summed E-state index contributed by atoms with van der Waals surface area (Å²) in [5.74, 6) is 2.38. The summed E-state index contributed by atoms with van der Waals surface area (Å²) >= 11 is 1.64. The third kappa shape index (κ3) is 5.37. The van der Waals surface area contributed by atoms with Gasteiger partial charge in [0.15, 0.2) is 5.16 Å². The van der Waals surface area contributed by atoms with Gasteiger partial charge in [0.1, 0.15) is 5.82 Å². The summed E-state index contributed by atoms with van der Waals surface area (Å²) in [4.78, 5) is 0.284. The minimum atomic E-state index is -3.62. The Kier molecular flexibility index (Phi) is 6.79. The molecule has 0 spiro atoms. The molecule has 1 atom stereocenters. The molecule has 0 aliphatic heterocycles. The van der Waals surface area contributed by atoms with Crippen LogP contribution in [0.1, 0.15) is 55.1 Å². The van der Waals surface area contributed by atoms with Crippen LogP contribution in [0, 0.1) is 6.92 Å². The molecule has 1 saturated carbocycles. The average molecular weight is 457 g/mol. The van der Waals surface area contributed by atoms with Gasteiger partial charge in [0.05, 0.1) is 4.90 Å². The zero-order chi connectivity index (χ0) is 21.8. The van der Waals surface area contributed by atoms with Gasteiger partial charge in [0.2, 0.25) is 10.0 Å². The van der Waals surface area contributed by atoms with Crippen LogP contribution in [0.25, 0.3) is 0 Å². The van der Waals surface area contributed by atoms with Crippen LogP contribution in [-0.4, -0.2) is 28.9 Å². The number of sulfonamides is 1. The van der Waals surface area contributed by atoms with Gasteiger partial charge in [-0.1, -0.05) is 59.8 Å². The van der Waals surface area contributed by atoms with Gasteiger partial charge < -0.3 is 4.57 Å². The second-order valence-electron chi connectivity index (χ2n) is 7.89. The number of nitrogens with zero attached hydrogens (tertiary/aromatic N) is 3. The van der Waals surface area contributed by atoms with Crippen molar-refractivity contribution in [3.05, 3.63) is 71.5 Å². The molecular formula is C23H28N4O2S2. The maximum atomic E-state index is 13.0. The van der Waals surface area contributed by atoms with E-state index < -0.39 is 10.0 Å². The van der Waals surface area contributed by atoms with Crippen molar-refractivity contribution in [3.8, 4) is 0 Å². The van der Waals surface area contributed by atoms with Gasteiger partial charge in [-0.3, -0.25) is 0 Å². The largest absolute Gasteiger partial charge is 0.306 e.